The van der Waals surface area contributed by atoms with Gasteiger partial charge in [-0.25, -0.2) is 4.79 Å². The molecule has 0 spiro atoms. The van der Waals surface area contributed by atoms with E-state index >= 15 is 0 Å². The van der Waals surface area contributed by atoms with Gasteiger partial charge in [-0.3, -0.25) is 0 Å². The summed E-state index contributed by atoms with van der Waals surface area (Å²) >= 11 is 0. The van der Waals surface area contributed by atoms with Crippen LogP contribution in [-0.4, -0.2) is 11.1 Å². The number of carbonyl (C=O) groups is 1. The summed E-state index contributed by atoms with van der Waals surface area (Å²) in [7, 11) is 0. The molecule has 1 N–H and O–H groups in total. The van der Waals surface area contributed by atoms with Gasteiger partial charge in [0.05, 0.1) is 6.26 Å². The zero-order chi connectivity index (χ0) is 9.97. The number of para-hydroxylation sites is 1. The number of allylic oxidation sites excluding steroid dienone is 2. The quantitative estimate of drug-likeness (QED) is 0.735. The molecule has 0 amide bonds. The summed E-state index contributed by atoms with van der Waals surface area (Å²) in [5.41, 5.74) is 0.952. The first-order valence-corrected chi connectivity index (χ1v) is 4.15. The molecule has 1 heterocycles. The molecular formula is C11H8O3. The Bertz CT molecular complexity index is 430. The van der Waals surface area contributed by atoms with Crippen LogP contribution in [0.3, 0.4) is 0 Å². The predicted molar refractivity (Wildman–Crippen MR) is 52.2 cm³/mol. The van der Waals surface area contributed by atoms with Crippen molar-refractivity contribution in [3.8, 4) is 5.75 Å². The number of fused-ring (bicyclic) bond motifs is 1. The van der Waals surface area contributed by atoms with Crippen molar-refractivity contribution >= 4 is 12.0 Å². The molecule has 1 aliphatic rings. The number of benzene rings is 1. The smallest absolute Gasteiger partial charge is 0.339 e. The fourth-order valence-electron chi connectivity index (χ4n) is 1.30. The Morgan fingerprint density at radius 1 is 1.29 bits per heavy atom. The molecule has 1 aromatic rings. The van der Waals surface area contributed by atoms with E-state index in [1.54, 1.807) is 18.2 Å². The number of rotatable bonds is 1. The molecule has 0 saturated carbocycles. The first-order chi connectivity index (χ1) is 6.79. The minimum absolute atomic E-state index is 0.179. The number of hydrogen-bond acceptors (Lipinski definition) is 2. The molecular weight excluding hydrogens is 180 g/mol. The van der Waals surface area contributed by atoms with Gasteiger partial charge in [0, 0.05) is 5.56 Å². The highest BCUT2D eigenvalue weighted by Crippen LogP contribution is 2.27. The summed E-state index contributed by atoms with van der Waals surface area (Å²) in [6.45, 7) is 0. The molecule has 3 nitrogen and oxygen atoms in total. The summed E-state index contributed by atoms with van der Waals surface area (Å²) in [6, 6.07) is 5.03. The van der Waals surface area contributed by atoms with Crippen LogP contribution in [0.2, 0.25) is 0 Å². The molecule has 2 rings (SSSR count). The molecule has 0 bridgehead atoms. The van der Waals surface area contributed by atoms with Crippen LogP contribution in [0.5, 0.6) is 5.75 Å². The van der Waals surface area contributed by atoms with Crippen molar-refractivity contribution in [2.45, 2.75) is 0 Å². The Hall–Kier alpha value is -2.03. The lowest BCUT2D eigenvalue weighted by atomic mass is 10.1. The minimum atomic E-state index is -0.981. The Morgan fingerprint density at radius 3 is 2.93 bits per heavy atom. The lowest BCUT2D eigenvalue weighted by Gasteiger charge is -2.06. The third kappa shape index (κ3) is 1.40. The Morgan fingerprint density at radius 2 is 2.14 bits per heavy atom. The third-order valence-electron chi connectivity index (χ3n) is 1.93. The van der Waals surface area contributed by atoms with Crippen LogP contribution in [0.1, 0.15) is 15.9 Å². The maximum absolute atomic E-state index is 10.9. The van der Waals surface area contributed by atoms with Crippen LogP contribution in [0, 0.1) is 0 Å². The number of aromatic carboxylic acids is 1. The molecule has 0 fully saturated rings. The van der Waals surface area contributed by atoms with Crippen molar-refractivity contribution in [3.05, 3.63) is 47.7 Å². The fraction of sp³-hybridized carbons (Fsp3) is 0. The molecule has 0 atom stereocenters. The first kappa shape index (κ1) is 8.56. The van der Waals surface area contributed by atoms with Crippen LogP contribution < -0.4 is 4.74 Å². The van der Waals surface area contributed by atoms with E-state index in [1.165, 1.54) is 12.3 Å². The number of carboxylic acids is 1. The molecule has 0 unspecified atom stereocenters. The second kappa shape index (κ2) is 3.38. The Labute approximate surface area is 80.9 Å². The largest absolute Gasteiger partial charge is 0.478 e. The van der Waals surface area contributed by atoms with Crippen LogP contribution in [0.15, 0.2) is 36.6 Å². The van der Waals surface area contributed by atoms with Crippen LogP contribution in [0.25, 0.3) is 6.08 Å². The van der Waals surface area contributed by atoms with Crippen LogP contribution >= 0.6 is 0 Å². The highest BCUT2D eigenvalue weighted by Gasteiger charge is 2.13. The highest BCUT2D eigenvalue weighted by atomic mass is 16.5. The lowest BCUT2D eigenvalue weighted by Crippen LogP contribution is -2.00. The monoisotopic (exact) mass is 188 g/mol. The van der Waals surface area contributed by atoms with Gasteiger partial charge in [0.25, 0.3) is 0 Å². The molecule has 0 saturated heterocycles. The zero-order valence-electron chi connectivity index (χ0n) is 7.31. The normalized spacial score (nSPS) is 12.9. The van der Waals surface area contributed by atoms with Gasteiger partial charge in [0.2, 0.25) is 0 Å². The maximum atomic E-state index is 10.9. The van der Waals surface area contributed by atoms with E-state index in [4.69, 9.17) is 9.84 Å². The van der Waals surface area contributed by atoms with Crippen molar-refractivity contribution in [2.75, 3.05) is 0 Å². The van der Waals surface area contributed by atoms with Crippen LogP contribution in [-0.2, 0) is 0 Å². The van der Waals surface area contributed by atoms with E-state index in [-0.39, 0.29) is 5.56 Å². The molecule has 0 aliphatic carbocycles. The van der Waals surface area contributed by atoms with Gasteiger partial charge in [0.15, 0.2) is 0 Å². The van der Waals surface area contributed by atoms with Crippen molar-refractivity contribution in [1.29, 1.82) is 0 Å². The van der Waals surface area contributed by atoms with Gasteiger partial charge in [0.1, 0.15) is 11.3 Å². The average molecular weight is 188 g/mol. The van der Waals surface area contributed by atoms with Gasteiger partial charge in [-0.15, -0.1) is 0 Å². The fourth-order valence-corrected chi connectivity index (χ4v) is 1.30. The Balaban J connectivity index is 2.61. The summed E-state index contributed by atoms with van der Waals surface area (Å²) in [6.07, 6.45) is 6.79. The summed E-state index contributed by atoms with van der Waals surface area (Å²) in [5, 5.41) is 8.90. The predicted octanol–water partition coefficient (Wildman–Crippen LogP) is 2.30. The second-order valence-electron chi connectivity index (χ2n) is 2.83. The topological polar surface area (TPSA) is 46.5 Å². The second-order valence-corrected chi connectivity index (χ2v) is 2.83. The van der Waals surface area contributed by atoms with E-state index in [9.17, 15) is 4.79 Å². The van der Waals surface area contributed by atoms with Crippen LogP contribution in [0.4, 0.5) is 0 Å². The summed E-state index contributed by atoms with van der Waals surface area (Å²) in [5.74, 6) is -0.587. The first-order valence-electron chi connectivity index (χ1n) is 4.15. The average Bonchev–Trinajstić information content (AvgIpc) is 2.41. The number of ether oxygens (including phenoxy) is 1. The molecule has 0 aromatic heterocycles. The molecule has 1 aliphatic heterocycles. The van der Waals surface area contributed by atoms with Gasteiger partial charge >= 0.3 is 5.97 Å². The Kier molecular flexibility index (Phi) is 2.07. The van der Waals surface area contributed by atoms with E-state index in [0.29, 0.717) is 5.75 Å². The van der Waals surface area contributed by atoms with Crippen molar-refractivity contribution < 1.29 is 14.6 Å². The molecule has 14 heavy (non-hydrogen) atoms. The molecule has 70 valence electrons. The van der Waals surface area contributed by atoms with Crippen molar-refractivity contribution in [2.24, 2.45) is 0 Å². The molecule has 0 radical (unpaired) electrons. The lowest BCUT2D eigenvalue weighted by molar-refractivity contribution is 0.0694. The van der Waals surface area contributed by atoms with E-state index in [1.807, 2.05) is 12.1 Å². The summed E-state index contributed by atoms with van der Waals surface area (Å²) < 4.78 is 5.22. The maximum Gasteiger partial charge on any atom is 0.339 e. The van der Waals surface area contributed by atoms with Gasteiger partial charge in [-0.2, -0.15) is 0 Å². The standard InChI is InChI=1S/C11H8O3/c12-11(13)9-6-3-5-8-4-1-2-7-14-10(8)9/h1-7H,(H,12,13). The van der Waals surface area contributed by atoms with E-state index in [0.717, 1.165) is 5.56 Å². The minimum Gasteiger partial charge on any atom is -0.478 e. The van der Waals surface area contributed by atoms with Gasteiger partial charge in [-0.05, 0) is 12.1 Å². The van der Waals surface area contributed by atoms with Gasteiger partial charge < -0.3 is 9.84 Å². The van der Waals surface area contributed by atoms with E-state index in [2.05, 4.69) is 0 Å². The van der Waals surface area contributed by atoms with Gasteiger partial charge in [-0.1, -0.05) is 24.3 Å². The summed E-state index contributed by atoms with van der Waals surface area (Å²) in [4.78, 5) is 10.9. The SMILES string of the molecule is O=C(O)c1cccc2c1OC=CC=C2. The molecule has 3 heteroatoms. The third-order valence-corrected chi connectivity index (χ3v) is 1.93. The van der Waals surface area contributed by atoms with Crippen molar-refractivity contribution in [1.82, 2.24) is 0 Å². The zero-order valence-corrected chi connectivity index (χ0v) is 7.31. The van der Waals surface area contributed by atoms with Crippen molar-refractivity contribution in [3.63, 3.8) is 0 Å². The number of carboxylic acid groups (broad SMARTS) is 1. The van der Waals surface area contributed by atoms with E-state index < -0.39 is 5.97 Å². The number of hydrogen-bond donors (Lipinski definition) is 1. The highest BCUT2D eigenvalue weighted by molar-refractivity contribution is 5.92. The molecule has 1 aromatic carbocycles.